The van der Waals surface area contributed by atoms with Gasteiger partial charge in [-0.1, -0.05) is 11.6 Å². The Morgan fingerprint density at radius 1 is 1.64 bits per heavy atom. The second-order valence-corrected chi connectivity index (χ2v) is 4.04. The zero-order valence-electron chi connectivity index (χ0n) is 8.09. The Hall–Kier alpha value is -0.640. The quantitative estimate of drug-likeness (QED) is 0.820. The fraction of sp³-hybridized carbons (Fsp3) is 0.500. The molecule has 0 unspecified atom stereocenters. The smallest absolute Gasteiger partial charge is 0.0966 e. The molecular weight excluding hydrogens is 200 g/mol. The van der Waals surface area contributed by atoms with E-state index in [4.69, 9.17) is 16.3 Å². The van der Waals surface area contributed by atoms with Gasteiger partial charge in [0, 0.05) is 39.0 Å². The molecule has 0 aromatic carbocycles. The number of halogens is 1. The molecule has 4 heteroatoms. The Morgan fingerprint density at radius 3 is 2.93 bits per heavy atom. The lowest BCUT2D eigenvalue weighted by Gasteiger charge is -2.41. The molecule has 0 spiro atoms. The molecule has 1 aromatic rings. The van der Waals surface area contributed by atoms with E-state index in [9.17, 15) is 0 Å². The Morgan fingerprint density at radius 2 is 2.43 bits per heavy atom. The van der Waals surface area contributed by atoms with Crippen molar-refractivity contribution in [1.82, 2.24) is 10.3 Å². The van der Waals surface area contributed by atoms with Crippen molar-refractivity contribution in [3.8, 4) is 0 Å². The molecule has 0 amide bonds. The molecule has 1 aromatic heterocycles. The summed E-state index contributed by atoms with van der Waals surface area (Å²) in [5.74, 6) is 0. The summed E-state index contributed by atoms with van der Waals surface area (Å²) in [5.41, 5.74) is 1.04. The zero-order chi connectivity index (χ0) is 10.0. The third-order valence-corrected chi connectivity index (χ3v) is 3.04. The first-order valence-corrected chi connectivity index (χ1v) is 4.98. The van der Waals surface area contributed by atoms with Gasteiger partial charge in [0.15, 0.2) is 0 Å². The Labute approximate surface area is 88.4 Å². The highest BCUT2D eigenvalue weighted by molar-refractivity contribution is 6.31. The number of hydrogen-bond acceptors (Lipinski definition) is 3. The van der Waals surface area contributed by atoms with Gasteiger partial charge in [0.2, 0.25) is 0 Å². The van der Waals surface area contributed by atoms with E-state index in [0.29, 0.717) is 0 Å². The number of aromatic nitrogens is 1. The van der Waals surface area contributed by atoms with Crippen LogP contribution in [0.5, 0.6) is 0 Å². The summed E-state index contributed by atoms with van der Waals surface area (Å²) in [6.07, 6.45) is 4.28. The van der Waals surface area contributed by atoms with E-state index in [1.165, 1.54) is 0 Å². The van der Waals surface area contributed by atoms with Gasteiger partial charge < -0.3 is 10.1 Å². The van der Waals surface area contributed by atoms with Crippen LogP contribution in [-0.4, -0.2) is 30.8 Å². The Balaban J connectivity index is 2.13. The second kappa shape index (κ2) is 3.85. The molecule has 14 heavy (non-hydrogen) atoms. The highest BCUT2D eigenvalue weighted by atomic mass is 35.5. The lowest BCUT2D eigenvalue weighted by Crippen LogP contribution is -2.61. The van der Waals surface area contributed by atoms with E-state index >= 15 is 0 Å². The topological polar surface area (TPSA) is 34.1 Å². The predicted molar refractivity (Wildman–Crippen MR) is 55.6 cm³/mol. The summed E-state index contributed by atoms with van der Waals surface area (Å²) in [6.45, 7) is 1.78. The van der Waals surface area contributed by atoms with Crippen LogP contribution in [0.3, 0.4) is 0 Å². The van der Waals surface area contributed by atoms with Crippen molar-refractivity contribution in [2.45, 2.75) is 12.0 Å². The highest BCUT2D eigenvalue weighted by Crippen LogP contribution is 2.25. The number of nitrogens with zero attached hydrogens (tertiary/aromatic N) is 1. The number of rotatable bonds is 3. The van der Waals surface area contributed by atoms with Crippen molar-refractivity contribution in [1.29, 1.82) is 0 Å². The van der Waals surface area contributed by atoms with Gasteiger partial charge >= 0.3 is 0 Å². The van der Waals surface area contributed by atoms with Gasteiger partial charge in [0.05, 0.1) is 10.6 Å². The SMILES string of the molecule is COC1(Cc2ccncc2Cl)CNC1. The van der Waals surface area contributed by atoms with Crippen molar-refractivity contribution in [3.05, 3.63) is 29.0 Å². The second-order valence-electron chi connectivity index (χ2n) is 3.63. The monoisotopic (exact) mass is 212 g/mol. The van der Waals surface area contributed by atoms with E-state index < -0.39 is 0 Å². The molecule has 0 aliphatic carbocycles. The maximum absolute atomic E-state index is 6.03. The summed E-state index contributed by atoms with van der Waals surface area (Å²) in [4.78, 5) is 3.96. The number of methoxy groups -OCH3 is 1. The van der Waals surface area contributed by atoms with E-state index in [-0.39, 0.29) is 5.60 Å². The molecule has 1 N–H and O–H groups in total. The molecule has 76 valence electrons. The maximum atomic E-state index is 6.03. The third-order valence-electron chi connectivity index (χ3n) is 2.70. The van der Waals surface area contributed by atoms with E-state index in [1.807, 2.05) is 6.07 Å². The minimum atomic E-state index is -0.0645. The molecule has 0 saturated carbocycles. The standard InChI is InChI=1S/C10H13ClN2O/c1-14-10(6-13-7-10)4-8-2-3-12-5-9(8)11/h2-3,5,13H,4,6-7H2,1H3. The van der Waals surface area contributed by atoms with Crippen LogP contribution in [0, 0.1) is 0 Å². The lowest BCUT2D eigenvalue weighted by molar-refractivity contribution is -0.0502. The molecule has 1 fully saturated rings. The van der Waals surface area contributed by atoms with Gasteiger partial charge in [-0.15, -0.1) is 0 Å². The molecule has 0 atom stereocenters. The third kappa shape index (κ3) is 1.75. The van der Waals surface area contributed by atoms with Gasteiger partial charge in [0.1, 0.15) is 0 Å². The average molecular weight is 213 g/mol. The van der Waals surface area contributed by atoms with E-state index in [0.717, 1.165) is 30.1 Å². The Kier molecular flexibility index (Phi) is 2.72. The summed E-state index contributed by atoms with van der Waals surface area (Å²) < 4.78 is 5.49. The van der Waals surface area contributed by atoms with Crippen molar-refractivity contribution in [2.75, 3.05) is 20.2 Å². The van der Waals surface area contributed by atoms with Gasteiger partial charge in [-0.3, -0.25) is 4.98 Å². The van der Waals surface area contributed by atoms with Gasteiger partial charge in [-0.2, -0.15) is 0 Å². The van der Waals surface area contributed by atoms with Crippen LogP contribution in [0.2, 0.25) is 5.02 Å². The van der Waals surface area contributed by atoms with Crippen LogP contribution < -0.4 is 5.32 Å². The summed E-state index contributed by atoms with van der Waals surface area (Å²) in [7, 11) is 1.75. The van der Waals surface area contributed by atoms with Crippen molar-refractivity contribution in [2.24, 2.45) is 0 Å². The molecule has 3 nitrogen and oxygen atoms in total. The molecule has 0 radical (unpaired) electrons. The predicted octanol–water partition coefficient (Wildman–Crippen LogP) is 1.27. The average Bonchev–Trinajstić information content (AvgIpc) is 2.14. The van der Waals surface area contributed by atoms with Gasteiger partial charge in [-0.05, 0) is 11.6 Å². The first-order valence-electron chi connectivity index (χ1n) is 4.60. The van der Waals surface area contributed by atoms with Crippen molar-refractivity contribution >= 4 is 11.6 Å². The highest BCUT2D eigenvalue weighted by Gasteiger charge is 2.37. The number of ether oxygens (including phenoxy) is 1. The molecule has 1 aliphatic heterocycles. The minimum Gasteiger partial charge on any atom is -0.375 e. The van der Waals surface area contributed by atoms with Crippen LogP contribution in [0.4, 0.5) is 0 Å². The summed E-state index contributed by atoms with van der Waals surface area (Å²) in [5, 5.41) is 3.93. The lowest BCUT2D eigenvalue weighted by atomic mass is 9.89. The van der Waals surface area contributed by atoms with Crippen LogP contribution in [0.25, 0.3) is 0 Å². The van der Waals surface area contributed by atoms with Crippen molar-refractivity contribution in [3.63, 3.8) is 0 Å². The van der Waals surface area contributed by atoms with Crippen molar-refractivity contribution < 1.29 is 4.74 Å². The van der Waals surface area contributed by atoms with E-state index in [1.54, 1.807) is 19.5 Å². The zero-order valence-corrected chi connectivity index (χ0v) is 8.84. The maximum Gasteiger partial charge on any atom is 0.0966 e. The summed E-state index contributed by atoms with van der Waals surface area (Å²) >= 11 is 6.03. The number of pyridine rings is 1. The molecule has 2 heterocycles. The molecular formula is C10H13ClN2O. The van der Waals surface area contributed by atoms with Crippen LogP contribution >= 0.6 is 11.6 Å². The fourth-order valence-corrected chi connectivity index (χ4v) is 1.83. The van der Waals surface area contributed by atoms with Crippen LogP contribution in [-0.2, 0) is 11.2 Å². The molecule has 1 saturated heterocycles. The first kappa shape index (κ1) is 9.90. The fourth-order valence-electron chi connectivity index (χ4n) is 1.64. The van der Waals surface area contributed by atoms with Gasteiger partial charge in [-0.25, -0.2) is 0 Å². The van der Waals surface area contributed by atoms with Crippen LogP contribution in [0.15, 0.2) is 18.5 Å². The van der Waals surface area contributed by atoms with Gasteiger partial charge in [0.25, 0.3) is 0 Å². The minimum absolute atomic E-state index is 0.0645. The first-order chi connectivity index (χ1) is 6.76. The summed E-state index contributed by atoms with van der Waals surface area (Å²) in [6, 6.07) is 1.95. The Bertz CT molecular complexity index is 320. The van der Waals surface area contributed by atoms with Crippen LogP contribution in [0.1, 0.15) is 5.56 Å². The number of hydrogen-bond donors (Lipinski definition) is 1. The largest absolute Gasteiger partial charge is 0.375 e. The molecule has 0 bridgehead atoms. The molecule has 1 aliphatic rings. The molecule has 2 rings (SSSR count). The normalized spacial score (nSPS) is 19.0. The number of nitrogens with one attached hydrogen (secondary N) is 1. The van der Waals surface area contributed by atoms with E-state index in [2.05, 4.69) is 10.3 Å².